The van der Waals surface area contributed by atoms with Gasteiger partial charge in [0, 0.05) is 267 Å². The normalized spacial score (nSPS) is 39.7. The molecule has 12 amide bonds. The number of benzene rings is 8. The third-order valence-electron chi connectivity index (χ3n) is 19.5. The first-order valence-electron chi connectivity index (χ1n) is 71.9. The molecule has 4 unspecified atom stereocenters. The van der Waals surface area contributed by atoms with Gasteiger partial charge in [-0.2, -0.15) is 0 Å². The highest BCUT2D eigenvalue weighted by Gasteiger charge is 2.45. The maximum atomic E-state index is 13.7. The van der Waals surface area contributed by atoms with Gasteiger partial charge in [-0.15, -0.1) is 0 Å². The molecule has 8 saturated heterocycles. The highest BCUT2D eigenvalue weighted by molar-refractivity contribution is 6.09. The number of amides is 12. The monoisotopic (exact) mass is 1860 g/mol. The van der Waals surface area contributed by atoms with Crippen LogP contribution in [0.4, 0.5) is 22.7 Å². The number of hydrogen-bond acceptors (Lipinski definition) is 24. The first-order chi connectivity index (χ1) is 89.0. The Morgan fingerprint density at radius 3 is 0.924 bits per heavy atom. The van der Waals surface area contributed by atoms with Gasteiger partial charge >= 0.3 is 0 Å². The summed E-state index contributed by atoms with van der Waals surface area (Å²) in [4.78, 5) is 153. The number of piperidine rings is 4. The topological polar surface area (TPSA) is 364 Å². The molecule has 688 valence electrons. The van der Waals surface area contributed by atoms with E-state index in [9.17, 15) is 57.5 Å². The van der Waals surface area contributed by atoms with Crippen LogP contribution in [0, 0.1) is 0 Å². The fourth-order valence-corrected chi connectivity index (χ4v) is 13.4. The van der Waals surface area contributed by atoms with Crippen molar-refractivity contribution in [2.75, 3.05) is 126 Å². The number of carbonyl (C=O) groups is 12. The molecule has 12 aliphatic rings. The summed E-state index contributed by atoms with van der Waals surface area (Å²) >= 11 is 0. The second kappa shape index (κ2) is 42.5. The fourth-order valence-electron chi connectivity index (χ4n) is 13.4. The molecular weight excluding hydrogens is 1680 g/mol. The molecule has 32 nitrogen and oxygen atoms in total. The van der Waals surface area contributed by atoms with Gasteiger partial charge < -0.3 is 59.8 Å². The molecule has 0 saturated carbocycles. The lowest BCUT2D eigenvalue weighted by molar-refractivity contribution is -0.138. The van der Waals surface area contributed by atoms with E-state index in [0.717, 1.165) is 97.1 Å². The van der Waals surface area contributed by atoms with Crippen molar-refractivity contribution in [3.05, 3.63) is 259 Å². The Bertz CT molecular complexity index is 9040. The molecule has 132 heavy (non-hydrogen) atoms. The molecule has 0 spiro atoms. The van der Waals surface area contributed by atoms with Crippen molar-refractivity contribution in [2.24, 2.45) is 0 Å². The molecule has 12 aliphatic heterocycles. The maximum absolute atomic E-state index is 13.7. The van der Waals surface area contributed by atoms with Gasteiger partial charge in [-0.05, 0) is 119 Å². The maximum Gasteiger partial charge on any atom is 0.255 e. The molecule has 8 N–H and O–H groups in total. The predicted octanol–water partition coefficient (Wildman–Crippen LogP) is 7.57. The molecule has 12 heterocycles. The van der Waals surface area contributed by atoms with Crippen LogP contribution in [0.3, 0.4) is 0 Å². The average molecular weight is 1860 g/mol. The van der Waals surface area contributed by atoms with Crippen LogP contribution in [0.5, 0.6) is 0 Å². The number of rotatable bonds is 24. The largest absolute Gasteiger partial charge is 0.381 e. The number of fused-ring (bicyclic) bond motifs is 4. The summed E-state index contributed by atoms with van der Waals surface area (Å²) in [5.74, 6) is -15.1. The van der Waals surface area contributed by atoms with Crippen LogP contribution < -0.4 is 42.5 Å². The van der Waals surface area contributed by atoms with Gasteiger partial charge in [0.1, 0.15) is 24.1 Å². The molecule has 8 aromatic carbocycles. The van der Waals surface area contributed by atoms with E-state index >= 15 is 0 Å². The van der Waals surface area contributed by atoms with E-state index in [0.29, 0.717) is 9.80 Å². The summed E-state index contributed by atoms with van der Waals surface area (Å²) in [5, 5.41) is 16.5. The van der Waals surface area contributed by atoms with Gasteiger partial charge in [0.25, 0.3) is 23.6 Å². The minimum absolute atomic E-state index is 0.0924. The second-order valence-electron chi connectivity index (χ2n) is 27.7. The standard InChI is InChI=1S/4C25H28N4O4/c4*30-23-9-8-22(24(31)27-23)29-16-20-19(25(29)32)6-3-7-21(20)26-14-17-4-1-2-5-18(17)15-28-10-12-33-13-11-28/h4*1-7,22,26H,8-16H2,(H,27,30,31)/i8D2,9D2,10D2,11D2,12D2,13D2,14D2,15D2,16D2,22D;8D2,9D2,10D2,11D2,12D2,13D2,14D2,15D2,16D2;10D2,11D2,12D2,13D2,14D2,15D2,16D2,22D;10D2,11D2,12D2,13D2,14D2,15D2,16D2. The number of morpholine rings is 4. The van der Waals surface area contributed by atoms with Crippen LogP contribution in [0.1, 0.15) is 250 Å². The summed E-state index contributed by atoms with van der Waals surface area (Å²) in [6.07, 6.45) is -15.6. The van der Waals surface area contributed by atoms with Crippen LogP contribution in [0.25, 0.3) is 0 Å². The molecule has 8 fully saturated rings. The lowest BCUT2D eigenvalue weighted by Crippen LogP contribution is -2.52. The Hall–Kier alpha value is -12.9. The van der Waals surface area contributed by atoms with Gasteiger partial charge in [-0.3, -0.25) is 98.4 Å². The summed E-state index contributed by atoms with van der Waals surface area (Å²) < 4.78 is 574. The first kappa shape index (κ1) is 41.1. The van der Waals surface area contributed by atoms with E-state index in [-0.39, 0.29) is 71.8 Å². The Morgan fingerprint density at radius 2 is 0.576 bits per heavy atom. The van der Waals surface area contributed by atoms with Crippen molar-refractivity contribution in [1.82, 2.24) is 60.5 Å². The smallest absolute Gasteiger partial charge is 0.255 e. The zero-order chi connectivity index (χ0) is 150. The van der Waals surface area contributed by atoms with E-state index in [1.165, 1.54) is 78.1 Å². The highest BCUT2D eigenvalue weighted by atomic mass is 16.5. The molecule has 20 rings (SSSR count). The molecule has 0 bridgehead atoms. The van der Waals surface area contributed by atoms with E-state index < -0.39 is 398 Å². The SMILES string of the molecule is [2H]C([2H])(Nc1cccc2c1C([2H])([2H])N(C1([2H])C(=O)NC(=O)C([2H])([2H])C1([2H])[2H])C2=O)c1ccccc1C([2H])([2H])N1C([2H])([2H])C([2H])([2H])OC([2H])([2H])C1([2H])[2H].[2H]C([2H])(Nc1cccc2c1C([2H])([2H])N(C1([2H])CCC(=O)NC1=O)C2=O)c1ccccc1C([2H])([2H])N1C([2H])([2H])C([2H])([2H])OC([2H])([2H])C1([2H])[2H].[2H]C([2H])(Nc1cccc2c1C([2H])([2H])N(C1C(=O)NC(=O)C([2H])([2H])C1([2H])[2H])C2=O)c1ccccc1C([2H])([2H])N1C([2H])([2H])C([2H])([2H])OC([2H])([2H])C1([2H])[2H].[2H]C([2H])(Nc1cccc2c1C([2H])([2H])N(C1CCC(=O)NC1=O)C2=O)c1ccccc1C([2H])([2H])N1C([2H])([2H])C([2H])([2H])OC([2H])([2H])C1([2H])[2H]. The second-order valence-corrected chi connectivity index (χ2v) is 27.7. The zero-order valence-corrected chi connectivity index (χ0v) is 67.3. The predicted molar refractivity (Wildman–Crippen MR) is 489 cm³/mol. The van der Waals surface area contributed by atoms with Crippen molar-refractivity contribution in [2.45, 2.75) is 153 Å². The third-order valence-corrected chi connectivity index (χ3v) is 19.5. The Labute approximate surface area is 858 Å². The van der Waals surface area contributed by atoms with Crippen LogP contribution >= 0.6 is 0 Å². The molecule has 4 atom stereocenters. The van der Waals surface area contributed by atoms with Crippen molar-refractivity contribution in [3.63, 3.8) is 0 Å². The lowest BCUT2D eigenvalue weighted by Gasteiger charge is -2.29. The van der Waals surface area contributed by atoms with E-state index in [1.54, 1.807) is 5.32 Å². The quantitative estimate of drug-likeness (QED) is 0.0270. The Kier molecular flexibility index (Phi) is 13.2. The van der Waals surface area contributed by atoms with Gasteiger partial charge in [-0.1, -0.05) is 121 Å². The van der Waals surface area contributed by atoms with Gasteiger partial charge in [0.15, 0.2) is 0 Å². The fraction of sp³-hybridized carbons (Fsp3) is 0.400. The minimum atomic E-state index is -3.86. The number of anilines is 4. The van der Waals surface area contributed by atoms with Crippen molar-refractivity contribution < 1.29 is 167 Å². The summed E-state index contributed by atoms with van der Waals surface area (Å²) in [6.45, 7) is -97.0. The van der Waals surface area contributed by atoms with Crippen molar-refractivity contribution in [3.8, 4) is 0 Å². The minimum Gasteiger partial charge on any atom is -0.381 e. The first-order valence-corrected chi connectivity index (χ1v) is 38.9. The Morgan fingerprint density at radius 1 is 0.303 bits per heavy atom. The van der Waals surface area contributed by atoms with Gasteiger partial charge in [-0.25, -0.2) is 0 Å². The lowest BCUT2D eigenvalue weighted by atomic mass is 10.0. The highest BCUT2D eigenvalue weighted by Crippen LogP contribution is 2.39. The summed E-state index contributed by atoms with van der Waals surface area (Å²) in [5.41, 5.74) is -11.7. The van der Waals surface area contributed by atoms with Crippen LogP contribution in [-0.4, -0.2) is 239 Å². The van der Waals surface area contributed by atoms with Crippen molar-refractivity contribution in [1.29, 1.82) is 0 Å². The Balaban J connectivity index is 0.000000171. The third kappa shape index (κ3) is 21.5. The number of nitrogens with zero attached hydrogens (tertiary/aromatic N) is 8. The van der Waals surface area contributed by atoms with E-state index in [4.69, 9.17) is 90.5 Å². The average Bonchev–Trinajstić information content (AvgIpc) is 1.45. The van der Waals surface area contributed by atoms with Crippen LogP contribution in [0.15, 0.2) is 170 Å². The number of nitrogens with one attached hydrogen (secondary N) is 8. The van der Waals surface area contributed by atoms with Gasteiger partial charge in [0.2, 0.25) is 47.3 Å². The van der Waals surface area contributed by atoms with E-state index in [1.807, 2.05) is 5.32 Å². The number of carbonyl (C=O) groups excluding carboxylic acids is 12. The van der Waals surface area contributed by atoms with Crippen molar-refractivity contribution >= 4 is 93.6 Å². The summed E-state index contributed by atoms with van der Waals surface area (Å²) in [7, 11) is 0. The molecule has 0 radical (unpaired) electrons. The summed E-state index contributed by atoms with van der Waals surface area (Å²) in [6, 6.07) is 20.9. The number of imide groups is 4. The molecule has 0 aliphatic carbocycles. The van der Waals surface area contributed by atoms with Gasteiger partial charge in [0.05, 0.1) is 99.1 Å². The molecular formula is C100H112N16O16. The molecule has 0 aromatic heterocycles. The number of hydrogen-bond donors (Lipinski definition) is 8. The van der Waals surface area contributed by atoms with E-state index in [2.05, 4.69) is 45.5 Å². The molecule has 8 aromatic rings. The van der Waals surface area contributed by atoms with Crippen LogP contribution in [-0.2, 0) is 135 Å². The zero-order valence-electron chi connectivity index (χ0n) is 133. The van der Waals surface area contributed by atoms with Crippen LogP contribution in [0.2, 0.25) is 0 Å². The number of ether oxygens (including phenoxy) is 4. The molecule has 32 heteroatoms.